The van der Waals surface area contributed by atoms with Gasteiger partial charge in [-0.2, -0.15) is 17.5 Å². The second kappa shape index (κ2) is 7.07. The van der Waals surface area contributed by atoms with Crippen LogP contribution >= 0.6 is 0 Å². The number of alkyl halides is 3. The predicted octanol–water partition coefficient (Wildman–Crippen LogP) is 2.92. The largest absolute Gasteiger partial charge is 0.511 e. The molecular weight excluding hydrogens is 373 g/mol. The van der Waals surface area contributed by atoms with Gasteiger partial charge in [0.05, 0.1) is 0 Å². The van der Waals surface area contributed by atoms with Crippen molar-refractivity contribution in [1.82, 2.24) is 9.62 Å². The van der Waals surface area contributed by atoms with Gasteiger partial charge in [-0.05, 0) is 43.9 Å². The summed E-state index contributed by atoms with van der Waals surface area (Å²) in [6.07, 6.45) is -0.416. The van der Waals surface area contributed by atoms with Gasteiger partial charge < -0.3 is 10.1 Å². The summed E-state index contributed by atoms with van der Waals surface area (Å²) in [5, 5.41) is 2.55. The molecule has 1 N–H and O–H groups in total. The molecule has 2 rings (SSSR count). The van der Waals surface area contributed by atoms with Crippen molar-refractivity contribution in [3.8, 4) is 0 Å². The predicted molar refractivity (Wildman–Crippen MR) is 88.6 cm³/mol. The Morgan fingerprint density at radius 1 is 1.23 bits per heavy atom. The van der Waals surface area contributed by atoms with Crippen LogP contribution in [0.2, 0.25) is 0 Å². The number of carbonyl (C=O) groups excluding carboxylic acids is 1. The van der Waals surface area contributed by atoms with Gasteiger partial charge in [0.1, 0.15) is 5.60 Å². The lowest BCUT2D eigenvalue weighted by Crippen LogP contribution is -2.43. The number of carbonyl (C=O) groups is 1. The molecule has 0 bridgehead atoms. The van der Waals surface area contributed by atoms with Gasteiger partial charge in [-0.1, -0.05) is 18.2 Å². The van der Waals surface area contributed by atoms with Crippen molar-refractivity contribution in [2.45, 2.75) is 51.4 Å². The molecular formula is C16H21F3N2O4S. The van der Waals surface area contributed by atoms with Crippen LogP contribution in [0.25, 0.3) is 0 Å². The Hall–Kier alpha value is -1.81. The second-order valence-corrected chi connectivity index (χ2v) is 8.92. The first-order chi connectivity index (χ1) is 11.8. The summed E-state index contributed by atoms with van der Waals surface area (Å²) >= 11 is 0. The zero-order chi connectivity index (χ0) is 19.8. The first kappa shape index (κ1) is 20.5. The highest BCUT2D eigenvalue weighted by atomic mass is 32.2. The summed E-state index contributed by atoms with van der Waals surface area (Å²) in [6, 6.07) is 5.08. The average Bonchev–Trinajstić information content (AvgIpc) is 2.49. The highest BCUT2D eigenvalue weighted by Crippen LogP contribution is 2.31. The molecule has 0 atom stereocenters. The summed E-state index contributed by atoms with van der Waals surface area (Å²) in [4.78, 5) is 11.7. The van der Waals surface area contributed by atoms with Gasteiger partial charge in [0, 0.05) is 19.6 Å². The van der Waals surface area contributed by atoms with Crippen molar-refractivity contribution in [2.24, 2.45) is 0 Å². The number of sulfonamides is 1. The molecule has 146 valence electrons. The molecule has 1 aromatic carbocycles. The first-order valence-corrected chi connectivity index (χ1v) is 9.37. The fourth-order valence-corrected chi connectivity index (χ4v) is 3.47. The minimum absolute atomic E-state index is 0.119. The number of nitrogens with zero attached hydrogens (tertiary/aromatic N) is 1. The average molecular weight is 394 g/mol. The maximum Gasteiger partial charge on any atom is 0.511 e. The normalized spacial score (nSPS) is 16.1. The van der Waals surface area contributed by atoms with Gasteiger partial charge >= 0.3 is 21.6 Å². The number of hydrogen-bond donors (Lipinski definition) is 1. The van der Waals surface area contributed by atoms with Crippen molar-refractivity contribution in [1.29, 1.82) is 0 Å². The van der Waals surface area contributed by atoms with E-state index in [0.717, 1.165) is 5.56 Å². The molecule has 1 aliphatic rings. The number of hydrogen-bond acceptors (Lipinski definition) is 4. The molecule has 0 saturated heterocycles. The monoisotopic (exact) mass is 394 g/mol. The summed E-state index contributed by atoms with van der Waals surface area (Å²) in [5.41, 5.74) is -4.04. The number of nitrogens with one attached hydrogen (secondary N) is 1. The number of alkyl carbamates (subject to hydrolysis) is 1. The molecule has 0 spiro atoms. The van der Waals surface area contributed by atoms with E-state index in [-0.39, 0.29) is 26.1 Å². The van der Waals surface area contributed by atoms with E-state index in [1.807, 2.05) is 0 Å². The lowest BCUT2D eigenvalue weighted by atomic mass is 9.98. The van der Waals surface area contributed by atoms with E-state index in [1.54, 1.807) is 39.0 Å². The Labute approximate surface area is 150 Å². The van der Waals surface area contributed by atoms with E-state index in [1.165, 1.54) is 0 Å². The summed E-state index contributed by atoms with van der Waals surface area (Å²) in [7, 11) is -5.36. The third-order valence-electron chi connectivity index (χ3n) is 3.72. The van der Waals surface area contributed by atoms with Crippen LogP contribution in [0.3, 0.4) is 0 Å². The Bertz CT molecular complexity index is 786. The van der Waals surface area contributed by atoms with Crippen LogP contribution < -0.4 is 5.32 Å². The third kappa shape index (κ3) is 4.88. The molecule has 26 heavy (non-hydrogen) atoms. The maximum absolute atomic E-state index is 12.7. The molecule has 0 unspecified atom stereocenters. The molecule has 1 aromatic rings. The highest BCUT2D eigenvalue weighted by Gasteiger charge is 2.50. The molecule has 1 heterocycles. The molecule has 0 fully saturated rings. The summed E-state index contributed by atoms with van der Waals surface area (Å²) in [6.45, 7) is 4.72. The molecule has 0 aromatic heterocycles. The van der Waals surface area contributed by atoms with E-state index in [0.29, 0.717) is 15.4 Å². The van der Waals surface area contributed by atoms with Crippen molar-refractivity contribution >= 4 is 16.1 Å². The zero-order valence-electron chi connectivity index (χ0n) is 14.7. The minimum atomic E-state index is -5.36. The van der Waals surface area contributed by atoms with Gasteiger partial charge in [0.25, 0.3) is 0 Å². The SMILES string of the molecule is CC(C)(C)OC(=O)NCc1ccc2c(c1)CN(S(=O)(=O)C(F)(F)F)CC2. The van der Waals surface area contributed by atoms with Crippen LogP contribution in [0, 0.1) is 0 Å². The number of amides is 1. The van der Waals surface area contributed by atoms with Crippen LogP contribution in [0.15, 0.2) is 18.2 Å². The first-order valence-electron chi connectivity index (χ1n) is 7.93. The van der Waals surface area contributed by atoms with Crippen molar-refractivity contribution in [3.63, 3.8) is 0 Å². The van der Waals surface area contributed by atoms with Crippen LogP contribution in [-0.4, -0.2) is 36.5 Å². The van der Waals surface area contributed by atoms with Crippen molar-refractivity contribution < 1.29 is 31.1 Å². The van der Waals surface area contributed by atoms with Gasteiger partial charge in [0.15, 0.2) is 0 Å². The third-order valence-corrected chi connectivity index (χ3v) is 5.29. The van der Waals surface area contributed by atoms with Crippen molar-refractivity contribution in [3.05, 3.63) is 34.9 Å². The van der Waals surface area contributed by atoms with E-state index in [9.17, 15) is 26.4 Å². The number of fused-ring (bicyclic) bond motifs is 1. The van der Waals surface area contributed by atoms with Crippen LogP contribution in [-0.2, 0) is 34.3 Å². The van der Waals surface area contributed by atoms with E-state index < -0.39 is 27.2 Å². The fraction of sp³-hybridized carbons (Fsp3) is 0.562. The number of benzene rings is 1. The fourth-order valence-electron chi connectivity index (χ4n) is 2.53. The van der Waals surface area contributed by atoms with Crippen LogP contribution in [0.4, 0.5) is 18.0 Å². The summed E-state index contributed by atoms with van der Waals surface area (Å²) < 4.78 is 66.9. The Balaban J connectivity index is 2.09. The van der Waals surface area contributed by atoms with Crippen LogP contribution in [0.1, 0.15) is 37.5 Å². The zero-order valence-corrected chi connectivity index (χ0v) is 15.5. The molecule has 1 amide bonds. The maximum atomic E-state index is 12.7. The Morgan fingerprint density at radius 2 is 1.88 bits per heavy atom. The molecule has 6 nitrogen and oxygen atoms in total. The second-order valence-electron chi connectivity index (χ2n) is 6.99. The quantitative estimate of drug-likeness (QED) is 0.855. The molecule has 0 saturated carbocycles. The lowest BCUT2D eigenvalue weighted by molar-refractivity contribution is -0.0492. The molecule has 1 aliphatic heterocycles. The minimum Gasteiger partial charge on any atom is -0.444 e. The standard InChI is InChI=1S/C16H21F3N2O4S/c1-15(2,3)25-14(22)20-9-11-4-5-12-6-7-21(10-13(12)8-11)26(23,24)16(17,18)19/h4-5,8H,6-7,9-10H2,1-3H3,(H,20,22). The number of rotatable bonds is 3. The topological polar surface area (TPSA) is 75.7 Å². The summed E-state index contributed by atoms with van der Waals surface area (Å²) in [5.74, 6) is 0. The van der Waals surface area contributed by atoms with Gasteiger partial charge in [-0.25, -0.2) is 13.2 Å². The van der Waals surface area contributed by atoms with Gasteiger partial charge in [-0.15, -0.1) is 0 Å². The molecule has 0 aliphatic carbocycles. The number of halogens is 3. The number of ether oxygens (including phenoxy) is 1. The molecule has 0 radical (unpaired) electrons. The smallest absolute Gasteiger partial charge is 0.444 e. The Morgan fingerprint density at radius 3 is 2.46 bits per heavy atom. The van der Waals surface area contributed by atoms with E-state index in [4.69, 9.17) is 4.74 Å². The van der Waals surface area contributed by atoms with E-state index in [2.05, 4.69) is 5.32 Å². The van der Waals surface area contributed by atoms with Gasteiger partial charge in [-0.3, -0.25) is 0 Å². The molecule has 10 heteroatoms. The van der Waals surface area contributed by atoms with Crippen molar-refractivity contribution in [2.75, 3.05) is 6.54 Å². The highest BCUT2D eigenvalue weighted by molar-refractivity contribution is 7.89. The van der Waals surface area contributed by atoms with E-state index >= 15 is 0 Å². The van der Waals surface area contributed by atoms with Gasteiger partial charge in [0.2, 0.25) is 0 Å². The Kier molecular flexibility index (Phi) is 5.57. The van der Waals surface area contributed by atoms with Crippen LogP contribution in [0.5, 0.6) is 0 Å². The lowest BCUT2D eigenvalue weighted by Gasteiger charge is -2.29.